The molecule has 1 atom stereocenters. The molecule has 1 aromatic heterocycles. The van der Waals surface area contributed by atoms with Crippen molar-refractivity contribution in [3.8, 4) is 22.9 Å². The van der Waals surface area contributed by atoms with Crippen LogP contribution in [0.15, 0.2) is 47.6 Å². The van der Waals surface area contributed by atoms with E-state index in [4.69, 9.17) is 14.2 Å². The number of rotatable bonds is 7. The van der Waals surface area contributed by atoms with Crippen LogP contribution >= 0.6 is 11.8 Å². The van der Waals surface area contributed by atoms with Gasteiger partial charge < -0.3 is 19.5 Å². The molecule has 3 heterocycles. The summed E-state index contributed by atoms with van der Waals surface area (Å²) in [4.78, 5) is 12.5. The van der Waals surface area contributed by atoms with E-state index < -0.39 is 0 Å². The van der Waals surface area contributed by atoms with Gasteiger partial charge in [0.2, 0.25) is 12.7 Å². The molecule has 1 saturated heterocycles. The predicted molar refractivity (Wildman–Crippen MR) is 116 cm³/mol. The minimum atomic E-state index is -0.311. The number of nitrogens with zero attached hydrogens (tertiary/aromatic N) is 3. The number of carbonyl (C=O) groups excluding carboxylic acids is 1. The molecule has 32 heavy (non-hydrogen) atoms. The van der Waals surface area contributed by atoms with Crippen LogP contribution in [0.1, 0.15) is 12.8 Å². The van der Waals surface area contributed by atoms with Crippen molar-refractivity contribution >= 4 is 23.4 Å². The summed E-state index contributed by atoms with van der Waals surface area (Å²) in [6, 6.07) is 11.4. The number of benzene rings is 2. The summed E-state index contributed by atoms with van der Waals surface area (Å²) >= 11 is 1.29. The van der Waals surface area contributed by atoms with Crippen molar-refractivity contribution < 1.29 is 23.4 Å². The number of ether oxygens (including phenoxy) is 3. The molecule has 0 aliphatic carbocycles. The lowest BCUT2D eigenvalue weighted by Gasteiger charge is -2.14. The Kier molecular flexibility index (Phi) is 5.95. The highest BCUT2D eigenvalue weighted by atomic mass is 32.2. The SMILES string of the molecule is O=C(CSc1nnc(-c2ccc(F)cc2)n1C[C@@H]1CCCO1)Nc1ccc2c(c1)OCO2. The molecule has 8 nitrogen and oxygen atoms in total. The molecule has 2 aromatic carbocycles. The lowest BCUT2D eigenvalue weighted by molar-refractivity contribution is -0.113. The third-order valence-electron chi connectivity index (χ3n) is 5.22. The van der Waals surface area contributed by atoms with Crippen LogP contribution in [0.5, 0.6) is 11.5 Å². The molecular weight excluding hydrogens is 435 g/mol. The Hall–Kier alpha value is -3.11. The standard InChI is InChI=1S/C22H21FN4O4S/c23-15-5-3-14(4-6-15)21-25-26-22(27(21)11-17-2-1-9-29-17)32-12-20(28)24-16-7-8-18-19(10-16)31-13-30-18/h3-8,10,17H,1-2,9,11-13H2,(H,24,28)/t17-/m0/s1. The van der Waals surface area contributed by atoms with E-state index in [1.54, 1.807) is 30.3 Å². The Morgan fingerprint density at radius 3 is 2.81 bits per heavy atom. The molecule has 1 N–H and O–H groups in total. The molecule has 2 aliphatic heterocycles. The molecule has 10 heteroatoms. The number of fused-ring (bicyclic) bond motifs is 1. The van der Waals surface area contributed by atoms with E-state index in [2.05, 4.69) is 15.5 Å². The van der Waals surface area contributed by atoms with Crippen molar-refractivity contribution in [2.45, 2.75) is 30.6 Å². The number of hydrogen-bond acceptors (Lipinski definition) is 7. The molecule has 3 aromatic rings. The second-order valence-electron chi connectivity index (χ2n) is 7.46. The summed E-state index contributed by atoms with van der Waals surface area (Å²) in [5.74, 6) is 1.56. The monoisotopic (exact) mass is 456 g/mol. The van der Waals surface area contributed by atoms with E-state index in [1.807, 2.05) is 4.57 Å². The van der Waals surface area contributed by atoms with E-state index >= 15 is 0 Å². The summed E-state index contributed by atoms with van der Waals surface area (Å²) in [6.07, 6.45) is 2.03. The fraction of sp³-hybridized carbons (Fsp3) is 0.318. The van der Waals surface area contributed by atoms with Crippen molar-refractivity contribution in [1.82, 2.24) is 14.8 Å². The molecule has 0 saturated carbocycles. The van der Waals surface area contributed by atoms with Gasteiger partial charge in [0.05, 0.1) is 18.4 Å². The summed E-state index contributed by atoms with van der Waals surface area (Å²) in [5, 5.41) is 12.1. The largest absolute Gasteiger partial charge is 0.454 e. The summed E-state index contributed by atoms with van der Waals surface area (Å²) in [5.41, 5.74) is 1.39. The van der Waals surface area contributed by atoms with Crippen molar-refractivity contribution in [1.29, 1.82) is 0 Å². The van der Waals surface area contributed by atoms with Crippen LogP contribution in [0.25, 0.3) is 11.4 Å². The maximum Gasteiger partial charge on any atom is 0.234 e. The van der Waals surface area contributed by atoms with E-state index in [9.17, 15) is 9.18 Å². The Bertz CT molecular complexity index is 1120. The molecule has 5 rings (SSSR count). The number of anilines is 1. The van der Waals surface area contributed by atoms with Gasteiger partial charge in [0.15, 0.2) is 22.5 Å². The maximum absolute atomic E-state index is 13.4. The van der Waals surface area contributed by atoms with Gasteiger partial charge in [-0.25, -0.2) is 4.39 Å². The molecule has 1 fully saturated rings. The third-order valence-corrected chi connectivity index (χ3v) is 6.18. The van der Waals surface area contributed by atoms with Gasteiger partial charge in [0, 0.05) is 23.9 Å². The highest BCUT2D eigenvalue weighted by Gasteiger charge is 2.22. The van der Waals surface area contributed by atoms with Gasteiger partial charge in [-0.3, -0.25) is 9.36 Å². The minimum Gasteiger partial charge on any atom is -0.454 e. The highest BCUT2D eigenvalue weighted by Crippen LogP contribution is 2.34. The lowest BCUT2D eigenvalue weighted by atomic mass is 10.2. The fourth-order valence-corrected chi connectivity index (χ4v) is 4.41. The number of thioether (sulfide) groups is 1. The van der Waals surface area contributed by atoms with Crippen LogP contribution < -0.4 is 14.8 Å². The topological polar surface area (TPSA) is 87.5 Å². The Balaban J connectivity index is 1.30. The Labute approximate surface area is 188 Å². The first-order chi connectivity index (χ1) is 15.7. The second-order valence-corrected chi connectivity index (χ2v) is 8.41. The van der Waals surface area contributed by atoms with E-state index in [1.165, 1.54) is 23.9 Å². The van der Waals surface area contributed by atoms with Crippen molar-refractivity contribution in [2.75, 3.05) is 24.5 Å². The smallest absolute Gasteiger partial charge is 0.234 e. The van der Waals surface area contributed by atoms with Gasteiger partial charge in [-0.05, 0) is 49.2 Å². The van der Waals surface area contributed by atoms with Crippen LogP contribution in [0.3, 0.4) is 0 Å². The van der Waals surface area contributed by atoms with Gasteiger partial charge in [-0.1, -0.05) is 11.8 Å². The van der Waals surface area contributed by atoms with Crippen molar-refractivity contribution in [3.05, 3.63) is 48.3 Å². The van der Waals surface area contributed by atoms with Gasteiger partial charge in [-0.15, -0.1) is 10.2 Å². The van der Waals surface area contributed by atoms with Crippen LogP contribution in [-0.4, -0.2) is 45.9 Å². The molecular formula is C22H21FN4O4S. The van der Waals surface area contributed by atoms with Gasteiger partial charge in [0.1, 0.15) is 5.82 Å². The molecule has 2 aliphatic rings. The quantitative estimate of drug-likeness (QED) is 0.542. The number of nitrogens with one attached hydrogen (secondary N) is 1. The first-order valence-corrected chi connectivity index (χ1v) is 11.3. The van der Waals surface area contributed by atoms with Crippen molar-refractivity contribution in [3.63, 3.8) is 0 Å². The zero-order valence-corrected chi connectivity index (χ0v) is 17.9. The summed E-state index contributed by atoms with van der Waals surface area (Å²) in [6.45, 7) is 1.49. The number of carbonyl (C=O) groups is 1. The molecule has 0 unspecified atom stereocenters. The normalized spacial score (nSPS) is 17.0. The maximum atomic E-state index is 13.4. The first kappa shape index (κ1) is 20.8. The van der Waals surface area contributed by atoms with Crippen LogP contribution in [0.2, 0.25) is 0 Å². The van der Waals surface area contributed by atoms with Gasteiger partial charge >= 0.3 is 0 Å². The number of halogens is 1. The molecule has 166 valence electrons. The third kappa shape index (κ3) is 4.56. The van der Waals surface area contributed by atoms with Gasteiger partial charge in [-0.2, -0.15) is 0 Å². The molecule has 1 amide bonds. The molecule has 0 bridgehead atoms. The zero-order valence-electron chi connectivity index (χ0n) is 17.1. The zero-order chi connectivity index (χ0) is 21.9. The number of aromatic nitrogens is 3. The minimum absolute atomic E-state index is 0.0620. The van der Waals surface area contributed by atoms with E-state index in [-0.39, 0.29) is 30.4 Å². The molecule has 0 spiro atoms. The fourth-order valence-electron chi connectivity index (χ4n) is 3.67. The van der Waals surface area contributed by atoms with Crippen LogP contribution in [0.4, 0.5) is 10.1 Å². The average Bonchev–Trinajstić information content (AvgIpc) is 3.54. The Morgan fingerprint density at radius 1 is 1.16 bits per heavy atom. The van der Waals surface area contributed by atoms with Crippen LogP contribution in [-0.2, 0) is 16.1 Å². The first-order valence-electron chi connectivity index (χ1n) is 10.3. The van der Waals surface area contributed by atoms with Crippen LogP contribution in [0, 0.1) is 5.82 Å². The lowest BCUT2D eigenvalue weighted by Crippen LogP contribution is -2.18. The second kappa shape index (κ2) is 9.17. The van der Waals surface area contributed by atoms with E-state index in [0.29, 0.717) is 34.7 Å². The Morgan fingerprint density at radius 2 is 2.00 bits per heavy atom. The number of amides is 1. The summed E-state index contributed by atoms with van der Waals surface area (Å²) < 4.78 is 31.7. The predicted octanol–water partition coefficient (Wildman–Crippen LogP) is 3.72. The summed E-state index contributed by atoms with van der Waals surface area (Å²) in [7, 11) is 0. The average molecular weight is 456 g/mol. The number of hydrogen-bond donors (Lipinski definition) is 1. The van der Waals surface area contributed by atoms with Crippen molar-refractivity contribution in [2.24, 2.45) is 0 Å². The van der Waals surface area contributed by atoms with Gasteiger partial charge in [0.25, 0.3) is 0 Å². The van der Waals surface area contributed by atoms with E-state index in [0.717, 1.165) is 25.0 Å². The molecule has 0 radical (unpaired) electrons. The highest BCUT2D eigenvalue weighted by molar-refractivity contribution is 7.99.